The molecule has 0 bridgehead atoms. The molecule has 0 amide bonds. The highest BCUT2D eigenvalue weighted by atomic mass is 35.5. The molecule has 5 rings (SSSR count). The van der Waals surface area contributed by atoms with Crippen LogP contribution in [0.2, 0.25) is 0 Å². The molecule has 0 saturated carbocycles. The molecule has 34 heavy (non-hydrogen) atoms. The number of nitrogens with zero attached hydrogens (tertiary/aromatic N) is 5. The topological polar surface area (TPSA) is 82.0 Å². The van der Waals surface area contributed by atoms with Gasteiger partial charge in [0.2, 0.25) is 5.95 Å². The summed E-state index contributed by atoms with van der Waals surface area (Å²) >= 11 is 1.47. The smallest absolute Gasteiger partial charge is 0.280 e. The van der Waals surface area contributed by atoms with Crippen molar-refractivity contribution in [1.82, 2.24) is 19.1 Å². The number of piperidine rings is 1. The van der Waals surface area contributed by atoms with Gasteiger partial charge in [-0.25, -0.2) is 4.98 Å². The van der Waals surface area contributed by atoms with Gasteiger partial charge in [-0.2, -0.15) is 4.98 Å². The summed E-state index contributed by atoms with van der Waals surface area (Å²) in [7, 11) is 0. The van der Waals surface area contributed by atoms with E-state index in [0.29, 0.717) is 29.4 Å². The van der Waals surface area contributed by atoms with Crippen LogP contribution in [0.5, 0.6) is 0 Å². The SMILES string of the molecule is CSc1nc2nc(N3CCCC(N)C3)n(Cc3ccccc3)c2c(=O)n1Cc1ccccc1.Cl. The van der Waals surface area contributed by atoms with Gasteiger partial charge >= 0.3 is 0 Å². The van der Waals surface area contributed by atoms with Crippen LogP contribution in [0, 0.1) is 0 Å². The highest BCUT2D eigenvalue weighted by Gasteiger charge is 2.26. The zero-order chi connectivity index (χ0) is 22.8. The maximum Gasteiger partial charge on any atom is 0.280 e. The van der Waals surface area contributed by atoms with Gasteiger partial charge in [-0.1, -0.05) is 72.4 Å². The van der Waals surface area contributed by atoms with Crippen molar-refractivity contribution in [3.8, 4) is 0 Å². The number of fused-ring (bicyclic) bond motifs is 1. The van der Waals surface area contributed by atoms with E-state index in [1.165, 1.54) is 11.8 Å². The maximum atomic E-state index is 13.9. The van der Waals surface area contributed by atoms with Crippen LogP contribution in [0.4, 0.5) is 5.95 Å². The van der Waals surface area contributed by atoms with Gasteiger partial charge in [0.1, 0.15) is 0 Å². The lowest BCUT2D eigenvalue weighted by molar-refractivity contribution is 0.495. The summed E-state index contributed by atoms with van der Waals surface area (Å²) in [5, 5.41) is 0.669. The second kappa shape index (κ2) is 10.6. The largest absolute Gasteiger partial charge is 0.341 e. The molecule has 1 fully saturated rings. The Kier molecular flexibility index (Phi) is 7.60. The summed E-state index contributed by atoms with van der Waals surface area (Å²) < 4.78 is 3.79. The predicted octanol–water partition coefficient (Wildman–Crippen LogP) is 3.76. The van der Waals surface area contributed by atoms with Crippen LogP contribution < -0.4 is 16.2 Å². The highest BCUT2D eigenvalue weighted by molar-refractivity contribution is 7.98. The molecular weight excluding hydrogens is 468 g/mol. The first-order valence-corrected chi connectivity index (χ1v) is 12.5. The van der Waals surface area contributed by atoms with Gasteiger partial charge in [-0.15, -0.1) is 12.4 Å². The normalized spacial score (nSPS) is 15.9. The third kappa shape index (κ3) is 4.85. The summed E-state index contributed by atoms with van der Waals surface area (Å²) in [6.07, 6.45) is 3.96. The molecule has 1 aliphatic rings. The Morgan fingerprint density at radius 1 is 0.971 bits per heavy atom. The van der Waals surface area contributed by atoms with E-state index >= 15 is 0 Å². The van der Waals surface area contributed by atoms with Crippen molar-refractivity contribution >= 4 is 41.3 Å². The predicted molar refractivity (Wildman–Crippen MR) is 141 cm³/mol. The van der Waals surface area contributed by atoms with Gasteiger partial charge in [0, 0.05) is 19.1 Å². The molecule has 9 heteroatoms. The van der Waals surface area contributed by atoms with E-state index < -0.39 is 0 Å². The maximum absolute atomic E-state index is 13.9. The molecule has 178 valence electrons. The van der Waals surface area contributed by atoms with E-state index in [1.54, 1.807) is 4.57 Å². The Bertz CT molecular complexity index is 1310. The van der Waals surface area contributed by atoms with Crippen LogP contribution in [0.3, 0.4) is 0 Å². The monoisotopic (exact) mass is 496 g/mol. The van der Waals surface area contributed by atoms with E-state index in [1.807, 2.05) is 59.4 Å². The first-order chi connectivity index (χ1) is 16.1. The minimum absolute atomic E-state index is 0. The minimum Gasteiger partial charge on any atom is -0.341 e. The Morgan fingerprint density at radius 2 is 1.59 bits per heavy atom. The van der Waals surface area contributed by atoms with Gasteiger partial charge < -0.3 is 10.6 Å². The van der Waals surface area contributed by atoms with Crippen LogP contribution in [-0.2, 0) is 13.1 Å². The summed E-state index contributed by atoms with van der Waals surface area (Å²) in [6, 6.07) is 20.3. The molecular formula is C25H29ClN6OS. The van der Waals surface area contributed by atoms with E-state index in [4.69, 9.17) is 15.7 Å². The number of halogens is 1. The number of thioether (sulfide) groups is 1. The van der Waals surface area contributed by atoms with Gasteiger partial charge in [-0.05, 0) is 30.2 Å². The van der Waals surface area contributed by atoms with Crippen LogP contribution in [0.1, 0.15) is 24.0 Å². The molecule has 0 aliphatic carbocycles. The van der Waals surface area contributed by atoms with Gasteiger partial charge in [0.25, 0.3) is 5.56 Å². The lowest BCUT2D eigenvalue weighted by atomic mass is 10.1. The molecule has 0 radical (unpaired) electrons. The highest BCUT2D eigenvalue weighted by Crippen LogP contribution is 2.25. The fourth-order valence-electron chi connectivity index (χ4n) is 4.49. The molecule has 7 nitrogen and oxygen atoms in total. The second-order valence-corrected chi connectivity index (χ2v) is 9.25. The third-order valence-corrected chi connectivity index (χ3v) is 6.78. The molecule has 0 spiro atoms. The second-order valence-electron chi connectivity index (χ2n) is 8.48. The first-order valence-electron chi connectivity index (χ1n) is 11.3. The van der Waals surface area contributed by atoms with Crippen molar-refractivity contribution in [3.05, 3.63) is 82.1 Å². The fourth-order valence-corrected chi connectivity index (χ4v) is 5.04. The summed E-state index contributed by atoms with van der Waals surface area (Å²) in [6.45, 7) is 2.63. The number of aromatic nitrogens is 4. The van der Waals surface area contributed by atoms with E-state index in [-0.39, 0.29) is 24.0 Å². The molecule has 4 aromatic rings. The molecule has 2 aromatic heterocycles. The average Bonchev–Trinajstić information content (AvgIpc) is 3.20. The zero-order valence-electron chi connectivity index (χ0n) is 19.1. The molecule has 1 aliphatic heterocycles. The number of nitrogens with two attached hydrogens (primary N) is 1. The van der Waals surface area contributed by atoms with Crippen LogP contribution in [-0.4, -0.2) is 44.5 Å². The molecule has 1 atom stereocenters. The number of imidazole rings is 1. The van der Waals surface area contributed by atoms with Crippen molar-refractivity contribution < 1.29 is 0 Å². The molecule has 2 aromatic carbocycles. The van der Waals surface area contributed by atoms with Crippen molar-refractivity contribution in [1.29, 1.82) is 0 Å². The van der Waals surface area contributed by atoms with E-state index in [0.717, 1.165) is 43.0 Å². The number of rotatable bonds is 6. The van der Waals surface area contributed by atoms with E-state index in [9.17, 15) is 4.79 Å². The Labute approximate surface area is 209 Å². The Balaban J connectivity index is 0.00000274. The molecule has 1 unspecified atom stereocenters. The van der Waals surface area contributed by atoms with Gasteiger partial charge in [0.15, 0.2) is 16.3 Å². The zero-order valence-corrected chi connectivity index (χ0v) is 20.8. The van der Waals surface area contributed by atoms with E-state index in [2.05, 4.69) is 17.0 Å². The first kappa shape index (κ1) is 24.3. The molecule has 2 N–H and O–H groups in total. The number of anilines is 1. The molecule has 1 saturated heterocycles. The van der Waals surface area contributed by atoms with Crippen LogP contribution in [0.25, 0.3) is 11.2 Å². The number of hydrogen-bond acceptors (Lipinski definition) is 6. The summed E-state index contributed by atoms with van der Waals surface area (Å²) in [4.78, 5) is 25.8. The van der Waals surface area contributed by atoms with Crippen LogP contribution >= 0.6 is 24.2 Å². The summed E-state index contributed by atoms with van der Waals surface area (Å²) in [5.41, 5.74) is 9.43. The van der Waals surface area contributed by atoms with Crippen molar-refractivity contribution in [2.75, 3.05) is 24.2 Å². The summed E-state index contributed by atoms with van der Waals surface area (Å²) in [5.74, 6) is 0.776. The number of benzene rings is 2. The molecule has 3 heterocycles. The van der Waals surface area contributed by atoms with Crippen LogP contribution in [0.15, 0.2) is 70.6 Å². The fraction of sp³-hybridized carbons (Fsp3) is 0.320. The lowest BCUT2D eigenvalue weighted by Crippen LogP contribution is -2.44. The quantitative estimate of drug-likeness (QED) is 0.323. The number of hydrogen-bond donors (Lipinski definition) is 1. The van der Waals surface area contributed by atoms with Crippen molar-refractivity contribution in [2.24, 2.45) is 5.73 Å². The lowest BCUT2D eigenvalue weighted by Gasteiger charge is -2.31. The average molecular weight is 497 g/mol. The minimum atomic E-state index is -0.0656. The van der Waals surface area contributed by atoms with Gasteiger partial charge in [0.05, 0.1) is 13.1 Å². The van der Waals surface area contributed by atoms with Crippen molar-refractivity contribution in [2.45, 2.75) is 37.1 Å². The third-order valence-electron chi connectivity index (χ3n) is 6.10. The Morgan fingerprint density at radius 3 is 2.18 bits per heavy atom. The standard InChI is InChI=1S/C25H28N6OS.ClH/c1-33-25-28-22-21(23(32)31(25)16-19-11-6-3-7-12-19)30(15-18-9-4-2-5-10-18)24(27-22)29-14-8-13-20(26)17-29;/h2-7,9-12,20H,8,13-17,26H2,1H3;1H. The van der Waals surface area contributed by atoms with Gasteiger partial charge in [-0.3, -0.25) is 13.9 Å². The Hall–Kier alpha value is -2.81. The van der Waals surface area contributed by atoms with Crippen molar-refractivity contribution in [3.63, 3.8) is 0 Å².